The molecule has 0 spiro atoms. The van der Waals surface area contributed by atoms with Gasteiger partial charge in [-0.15, -0.1) is 0 Å². The summed E-state index contributed by atoms with van der Waals surface area (Å²) in [7, 11) is 0. The first kappa shape index (κ1) is 17.5. The van der Waals surface area contributed by atoms with Crippen LogP contribution >= 0.6 is 0 Å². The van der Waals surface area contributed by atoms with Gasteiger partial charge in [-0.1, -0.05) is 25.5 Å². The average Bonchev–Trinajstić information content (AvgIpc) is 2.44. The molecular weight excluding hydrogens is 281 g/mol. The Labute approximate surface area is 122 Å². The molecule has 0 radical (unpaired) electrons. The Morgan fingerprint density at radius 1 is 1.24 bits per heavy atom. The van der Waals surface area contributed by atoms with Crippen molar-refractivity contribution >= 4 is 5.91 Å². The maximum Gasteiger partial charge on any atom is 0.416 e. The van der Waals surface area contributed by atoms with Crippen LogP contribution in [0.3, 0.4) is 0 Å². The number of hydrogen-bond acceptors (Lipinski definition) is 2. The van der Waals surface area contributed by atoms with E-state index in [1.54, 1.807) is 6.92 Å². The summed E-state index contributed by atoms with van der Waals surface area (Å²) < 4.78 is 37.3. The van der Waals surface area contributed by atoms with Gasteiger partial charge in [0.25, 0.3) is 0 Å². The Balaban J connectivity index is 2.42. The number of nitrogens with one attached hydrogen (secondary N) is 2. The Kier molecular flexibility index (Phi) is 6.68. The fourth-order valence-corrected chi connectivity index (χ4v) is 1.72. The summed E-state index contributed by atoms with van der Waals surface area (Å²) in [5.41, 5.74) is 0.0350. The first-order valence-electron chi connectivity index (χ1n) is 7.01. The molecular formula is C15H21F3N2O. The van der Waals surface area contributed by atoms with Crippen molar-refractivity contribution in [1.82, 2.24) is 10.6 Å². The third kappa shape index (κ3) is 6.16. The SMILES string of the molecule is CCCCNC(=O)C(C)NCc1ccc(C(F)(F)F)cc1. The lowest BCUT2D eigenvalue weighted by Gasteiger charge is -2.14. The molecule has 0 saturated carbocycles. The van der Waals surface area contributed by atoms with Gasteiger partial charge in [-0.05, 0) is 31.0 Å². The van der Waals surface area contributed by atoms with E-state index in [-0.39, 0.29) is 11.9 Å². The van der Waals surface area contributed by atoms with Crippen molar-refractivity contribution < 1.29 is 18.0 Å². The number of alkyl halides is 3. The normalized spacial score (nSPS) is 13.0. The molecule has 118 valence electrons. The molecule has 1 aromatic carbocycles. The summed E-state index contributed by atoms with van der Waals surface area (Å²) in [6.07, 6.45) is -2.39. The zero-order chi connectivity index (χ0) is 15.9. The summed E-state index contributed by atoms with van der Waals surface area (Å²) in [5.74, 6) is -0.102. The van der Waals surface area contributed by atoms with Crippen LogP contribution < -0.4 is 10.6 Å². The minimum absolute atomic E-state index is 0.102. The van der Waals surface area contributed by atoms with Crippen LogP contribution in [0.25, 0.3) is 0 Å². The first-order valence-corrected chi connectivity index (χ1v) is 7.01. The van der Waals surface area contributed by atoms with Gasteiger partial charge >= 0.3 is 6.18 Å². The molecule has 0 fully saturated rings. The molecule has 2 N–H and O–H groups in total. The number of hydrogen-bond donors (Lipinski definition) is 2. The third-order valence-electron chi connectivity index (χ3n) is 3.12. The quantitative estimate of drug-likeness (QED) is 0.760. The lowest BCUT2D eigenvalue weighted by molar-refractivity contribution is -0.137. The molecule has 0 aromatic heterocycles. The molecule has 0 heterocycles. The predicted octanol–water partition coefficient (Wildman–Crippen LogP) is 3.10. The molecule has 1 atom stereocenters. The number of carbonyl (C=O) groups excluding carboxylic acids is 1. The second-order valence-corrected chi connectivity index (χ2v) is 4.94. The summed E-state index contributed by atoms with van der Waals surface area (Å²) in [5, 5.41) is 5.79. The van der Waals surface area contributed by atoms with Crippen LogP contribution in [0.4, 0.5) is 13.2 Å². The Morgan fingerprint density at radius 3 is 2.38 bits per heavy atom. The lowest BCUT2D eigenvalue weighted by Crippen LogP contribution is -2.42. The van der Waals surface area contributed by atoms with Gasteiger partial charge in [0.2, 0.25) is 5.91 Å². The van der Waals surface area contributed by atoms with Crippen molar-refractivity contribution in [3.63, 3.8) is 0 Å². The largest absolute Gasteiger partial charge is 0.416 e. The van der Waals surface area contributed by atoms with Gasteiger partial charge in [-0.25, -0.2) is 0 Å². The molecule has 0 aliphatic rings. The summed E-state index contributed by atoms with van der Waals surface area (Å²) in [4.78, 5) is 11.7. The van der Waals surface area contributed by atoms with Crippen molar-refractivity contribution in [1.29, 1.82) is 0 Å². The number of rotatable bonds is 7. The molecule has 0 saturated heterocycles. The van der Waals surface area contributed by atoms with Gasteiger partial charge in [0.1, 0.15) is 0 Å². The van der Waals surface area contributed by atoms with Crippen molar-refractivity contribution in [2.45, 2.75) is 45.5 Å². The number of carbonyl (C=O) groups is 1. The van der Waals surface area contributed by atoms with Crippen LogP contribution in [0.15, 0.2) is 24.3 Å². The lowest BCUT2D eigenvalue weighted by atomic mass is 10.1. The number of amides is 1. The van der Waals surface area contributed by atoms with Gasteiger partial charge in [-0.3, -0.25) is 4.79 Å². The highest BCUT2D eigenvalue weighted by Crippen LogP contribution is 2.28. The summed E-state index contributed by atoms with van der Waals surface area (Å²) >= 11 is 0. The van der Waals surface area contributed by atoms with E-state index >= 15 is 0 Å². The molecule has 1 aromatic rings. The van der Waals surface area contributed by atoms with Crippen LogP contribution in [0.1, 0.15) is 37.8 Å². The van der Waals surface area contributed by atoms with Crippen LogP contribution in [-0.4, -0.2) is 18.5 Å². The van der Waals surface area contributed by atoms with Crippen molar-refractivity contribution in [3.8, 4) is 0 Å². The van der Waals surface area contributed by atoms with E-state index in [0.29, 0.717) is 18.7 Å². The van der Waals surface area contributed by atoms with Crippen LogP contribution in [0.2, 0.25) is 0 Å². The number of benzene rings is 1. The van der Waals surface area contributed by atoms with Crippen LogP contribution in [0, 0.1) is 0 Å². The summed E-state index contributed by atoms with van der Waals surface area (Å²) in [6.45, 7) is 4.76. The maximum absolute atomic E-state index is 12.4. The first-order chi connectivity index (χ1) is 9.84. The molecule has 0 aliphatic heterocycles. The Bertz CT molecular complexity index is 443. The second kappa shape index (κ2) is 8.02. The molecule has 21 heavy (non-hydrogen) atoms. The van der Waals surface area contributed by atoms with Gasteiger partial charge in [-0.2, -0.15) is 13.2 Å². The maximum atomic E-state index is 12.4. The van der Waals surface area contributed by atoms with Gasteiger partial charge in [0.15, 0.2) is 0 Å². The number of unbranched alkanes of at least 4 members (excludes halogenated alkanes) is 1. The molecule has 1 rings (SSSR count). The highest BCUT2D eigenvalue weighted by atomic mass is 19.4. The van der Waals surface area contributed by atoms with Gasteiger partial charge < -0.3 is 10.6 Å². The minimum atomic E-state index is -4.32. The van der Waals surface area contributed by atoms with E-state index in [0.717, 1.165) is 25.0 Å². The van der Waals surface area contributed by atoms with Crippen LogP contribution in [-0.2, 0) is 17.5 Å². The van der Waals surface area contributed by atoms with Crippen molar-refractivity contribution in [2.75, 3.05) is 6.54 Å². The molecule has 1 unspecified atom stereocenters. The molecule has 0 aliphatic carbocycles. The highest BCUT2D eigenvalue weighted by Gasteiger charge is 2.29. The average molecular weight is 302 g/mol. The zero-order valence-corrected chi connectivity index (χ0v) is 12.3. The monoisotopic (exact) mass is 302 g/mol. The fourth-order valence-electron chi connectivity index (χ4n) is 1.72. The molecule has 1 amide bonds. The fraction of sp³-hybridized carbons (Fsp3) is 0.533. The number of halogens is 3. The molecule has 3 nitrogen and oxygen atoms in total. The Hall–Kier alpha value is -1.56. The van der Waals surface area contributed by atoms with E-state index in [2.05, 4.69) is 10.6 Å². The predicted molar refractivity (Wildman–Crippen MR) is 75.7 cm³/mol. The van der Waals surface area contributed by atoms with Crippen molar-refractivity contribution in [2.24, 2.45) is 0 Å². The van der Waals surface area contributed by atoms with E-state index in [1.807, 2.05) is 6.92 Å². The molecule has 0 bridgehead atoms. The highest BCUT2D eigenvalue weighted by molar-refractivity contribution is 5.81. The summed E-state index contributed by atoms with van der Waals surface area (Å²) in [6, 6.07) is 4.53. The van der Waals surface area contributed by atoms with Gasteiger partial charge in [0.05, 0.1) is 11.6 Å². The zero-order valence-electron chi connectivity index (χ0n) is 12.3. The van der Waals surface area contributed by atoms with Crippen LogP contribution in [0.5, 0.6) is 0 Å². The third-order valence-corrected chi connectivity index (χ3v) is 3.12. The van der Waals surface area contributed by atoms with E-state index in [1.165, 1.54) is 12.1 Å². The van der Waals surface area contributed by atoms with Crippen molar-refractivity contribution in [3.05, 3.63) is 35.4 Å². The standard InChI is InChI=1S/C15H21F3N2O/c1-3-4-9-19-14(21)11(2)20-10-12-5-7-13(8-6-12)15(16,17)18/h5-8,11,20H,3-4,9-10H2,1-2H3,(H,19,21). The Morgan fingerprint density at radius 2 is 1.86 bits per heavy atom. The van der Waals surface area contributed by atoms with E-state index in [4.69, 9.17) is 0 Å². The minimum Gasteiger partial charge on any atom is -0.355 e. The molecule has 6 heteroatoms. The van der Waals surface area contributed by atoms with E-state index in [9.17, 15) is 18.0 Å². The topological polar surface area (TPSA) is 41.1 Å². The van der Waals surface area contributed by atoms with Gasteiger partial charge in [0, 0.05) is 13.1 Å². The second-order valence-electron chi connectivity index (χ2n) is 4.94. The smallest absolute Gasteiger partial charge is 0.355 e. The van der Waals surface area contributed by atoms with E-state index < -0.39 is 11.7 Å².